The molecular formula is C5H10N2O3. The highest BCUT2D eigenvalue weighted by molar-refractivity contribution is 4.75. The van der Waals surface area contributed by atoms with Crippen LogP contribution in [0.25, 0.3) is 0 Å². The van der Waals surface area contributed by atoms with E-state index in [-0.39, 0.29) is 0 Å². The van der Waals surface area contributed by atoms with E-state index in [1.54, 1.807) is 6.19 Å². The van der Waals surface area contributed by atoms with Crippen LogP contribution in [0.4, 0.5) is 0 Å². The maximum Gasteiger partial charge on any atom is 0.281 e. The van der Waals surface area contributed by atoms with Gasteiger partial charge in [-0.05, 0) is 0 Å². The third-order valence-electron chi connectivity index (χ3n) is 1.11. The minimum absolute atomic E-state index is 0.423. The average Bonchev–Trinajstić information content (AvgIpc) is 2.01. The number of hydrogen-bond donors (Lipinski definition) is 2. The van der Waals surface area contributed by atoms with Crippen molar-refractivity contribution in [1.29, 1.82) is 5.26 Å². The fourth-order valence-corrected chi connectivity index (χ4v) is 0.439. The molecule has 0 aliphatic heterocycles. The summed E-state index contributed by atoms with van der Waals surface area (Å²) in [4.78, 5) is 0. The topological polar surface area (TPSA) is 74.5 Å². The molecule has 5 nitrogen and oxygen atoms in total. The Bertz CT molecular complexity index is 119. The van der Waals surface area contributed by atoms with E-state index >= 15 is 0 Å². The maximum atomic E-state index is 8.64. The Balaban J connectivity index is 4.04. The molecule has 0 atom stereocenters. The molecule has 0 radical (unpaired) electrons. The molecule has 10 heavy (non-hydrogen) atoms. The van der Waals surface area contributed by atoms with E-state index in [1.807, 2.05) is 0 Å². The zero-order valence-corrected chi connectivity index (χ0v) is 5.92. The fraction of sp³-hybridized carbons (Fsp3) is 0.800. The van der Waals surface area contributed by atoms with Gasteiger partial charge in [0.25, 0.3) is 5.91 Å². The Morgan fingerprint density at radius 2 is 2.10 bits per heavy atom. The Kier molecular flexibility index (Phi) is 3.72. The molecule has 0 heterocycles. The van der Waals surface area contributed by atoms with Gasteiger partial charge in [0.15, 0.2) is 6.19 Å². The zero-order chi connectivity index (χ0) is 8.04. The SMILES string of the molecule is COC(CO)(NC#N)OC. The summed E-state index contributed by atoms with van der Waals surface area (Å²) in [5, 5.41) is 19.0. The van der Waals surface area contributed by atoms with E-state index in [2.05, 4.69) is 14.8 Å². The van der Waals surface area contributed by atoms with Gasteiger partial charge in [-0.25, -0.2) is 0 Å². The molecule has 0 saturated heterocycles. The predicted octanol–water partition coefficient (Wildman–Crippen LogP) is -1.00. The molecule has 0 aliphatic rings. The Morgan fingerprint density at radius 1 is 1.60 bits per heavy atom. The number of rotatable bonds is 4. The summed E-state index contributed by atoms with van der Waals surface area (Å²) in [7, 11) is 2.65. The molecule has 58 valence electrons. The van der Waals surface area contributed by atoms with Crippen LogP contribution in [0.3, 0.4) is 0 Å². The highest BCUT2D eigenvalue weighted by atomic mass is 16.7. The van der Waals surface area contributed by atoms with Gasteiger partial charge in [-0.3, -0.25) is 5.32 Å². The molecule has 0 rings (SSSR count). The lowest BCUT2D eigenvalue weighted by molar-refractivity contribution is -0.238. The Hall–Kier alpha value is -0.830. The third-order valence-corrected chi connectivity index (χ3v) is 1.11. The maximum absolute atomic E-state index is 8.64. The fourth-order valence-electron chi connectivity index (χ4n) is 0.439. The van der Waals surface area contributed by atoms with Gasteiger partial charge >= 0.3 is 0 Å². The molecule has 0 aromatic heterocycles. The van der Waals surface area contributed by atoms with Crippen molar-refractivity contribution in [3.8, 4) is 6.19 Å². The predicted molar refractivity (Wildman–Crippen MR) is 32.6 cm³/mol. The summed E-state index contributed by atoms with van der Waals surface area (Å²) in [5.41, 5.74) is 0. The highest BCUT2D eigenvalue weighted by Gasteiger charge is 2.27. The monoisotopic (exact) mass is 146 g/mol. The van der Waals surface area contributed by atoms with Crippen molar-refractivity contribution in [3.05, 3.63) is 0 Å². The first-order chi connectivity index (χ1) is 4.74. The first kappa shape index (κ1) is 9.17. The van der Waals surface area contributed by atoms with Gasteiger partial charge in [-0.1, -0.05) is 0 Å². The van der Waals surface area contributed by atoms with E-state index in [1.165, 1.54) is 14.2 Å². The van der Waals surface area contributed by atoms with Crippen LogP contribution in [0.5, 0.6) is 0 Å². The second kappa shape index (κ2) is 4.06. The number of aliphatic hydroxyl groups excluding tert-OH is 1. The lowest BCUT2D eigenvalue weighted by atomic mass is 10.5. The Labute approximate surface area is 59.2 Å². The molecule has 0 aromatic carbocycles. The van der Waals surface area contributed by atoms with E-state index in [4.69, 9.17) is 10.4 Å². The molecule has 0 fully saturated rings. The van der Waals surface area contributed by atoms with Crippen LogP contribution in [0.15, 0.2) is 0 Å². The summed E-state index contributed by atoms with van der Waals surface area (Å²) >= 11 is 0. The number of nitriles is 1. The van der Waals surface area contributed by atoms with E-state index in [9.17, 15) is 0 Å². The highest BCUT2D eigenvalue weighted by Crippen LogP contribution is 2.03. The van der Waals surface area contributed by atoms with Crippen molar-refractivity contribution >= 4 is 0 Å². The van der Waals surface area contributed by atoms with Gasteiger partial charge in [-0.15, -0.1) is 0 Å². The van der Waals surface area contributed by atoms with Crippen LogP contribution in [0.1, 0.15) is 0 Å². The zero-order valence-electron chi connectivity index (χ0n) is 5.92. The smallest absolute Gasteiger partial charge is 0.281 e. The molecule has 0 spiro atoms. The van der Waals surface area contributed by atoms with Crippen LogP contribution >= 0.6 is 0 Å². The van der Waals surface area contributed by atoms with Crippen molar-refractivity contribution in [2.24, 2.45) is 0 Å². The number of methoxy groups -OCH3 is 2. The number of aliphatic hydroxyl groups is 1. The number of nitrogens with zero attached hydrogens (tertiary/aromatic N) is 1. The molecule has 0 unspecified atom stereocenters. The summed E-state index contributed by atoms with van der Waals surface area (Å²) < 4.78 is 9.34. The first-order valence-electron chi connectivity index (χ1n) is 2.62. The Morgan fingerprint density at radius 3 is 2.20 bits per heavy atom. The van der Waals surface area contributed by atoms with Gasteiger partial charge in [0.05, 0.1) is 0 Å². The largest absolute Gasteiger partial charge is 0.389 e. The lowest BCUT2D eigenvalue weighted by Gasteiger charge is -2.25. The molecule has 5 heteroatoms. The minimum atomic E-state index is -1.38. The molecule has 0 amide bonds. The van der Waals surface area contributed by atoms with Gasteiger partial charge in [0, 0.05) is 14.2 Å². The van der Waals surface area contributed by atoms with E-state index in [0.717, 1.165) is 0 Å². The van der Waals surface area contributed by atoms with Crippen LogP contribution in [0, 0.1) is 11.5 Å². The summed E-state index contributed by atoms with van der Waals surface area (Å²) in [6.45, 7) is -0.423. The summed E-state index contributed by atoms with van der Waals surface area (Å²) in [5.74, 6) is -1.38. The van der Waals surface area contributed by atoms with Crippen molar-refractivity contribution in [2.45, 2.75) is 5.91 Å². The quantitative estimate of drug-likeness (QED) is 0.302. The number of ether oxygens (including phenoxy) is 2. The second-order valence-corrected chi connectivity index (χ2v) is 1.56. The molecule has 2 N–H and O–H groups in total. The minimum Gasteiger partial charge on any atom is -0.389 e. The van der Waals surface area contributed by atoms with Gasteiger partial charge in [-0.2, -0.15) is 5.26 Å². The number of hydrogen-bond acceptors (Lipinski definition) is 5. The van der Waals surface area contributed by atoms with Crippen molar-refractivity contribution in [3.63, 3.8) is 0 Å². The number of nitrogens with one attached hydrogen (secondary N) is 1. The lowest BCUT2D eigenvalue weighted by Crippen LogP contribution is -2.49. The van der Waals surface area contributed by atoms with Crippen LogP contribution in [-0.4, -0.2) is 31.8 Å². The molecule has 0 saturated carbocycles. The van der Waals surface area contributed by atoms with E-state index < -0.39 is 12.5 Å². The van der Waals surface area contributed by atoms with Gasteiger partial charge in [0.1, 0.15) is 6.61 Å². The average molecular weight is 146 g/mol. The molecule has 0 aliphatic carbocycles. The molecule has 0 aromatic rings. The van der Waals surface area contributed by atoms with Crippen LogP contribution < -0.4 is 5.32 Å². The first-order valence-corrected chi connectivity index (χ1v) is 2.62. The summed E-state index contributed by atoms with van der Waals surface area (Å²) in [6, 6.07) is 0. The molecular weight excluding hydrogens is 136 g/mol. The van der Waals surface area contributed by atoms with Crippen molar-refractivity contribution in [1.82, 2.24) is 5.32 Å². The van der Waals surface area contributed by atoms with Crippen LogP contribution in [-0.2, 0) is 9.47 Å². The van der Waals surface area contributed by atoms with E-state index in [0.29, 0.717) is 0 Å². The normalized spacial score (nSPS) is 10.6. The summed E-state index contributed by atoms with van der Waals surface area (Å²) in [6.07, 6.45) is 1.60. The van der Waals surface area contributed by atoms with Gasteiger partial charge in [0.2, 0.25) is 0 Å². The van der Waals surface area contributed by atoms with Gasteiger partial charge < -0.3 is 14.6 Å². The molecule has 0 bridgehead atoms. The van der Waals surface area contributed by atoms with Crippen LogP contribution in [0.2, 0.25) is 0 Å². The second-order valence-electron chi connectivity index (χ2n) is 1.56. The van der Waals surface area contributed by atoms with Crippen molar-refractivity contribution < 1.29 is 14.6 Å². The third kappa shape index (κ3) is 1.84. The standard InChI is InChI=1S/C5H10N2O3/c1-9-5(3-8,10-2)7-4-6/h7-8H,3H2,1-2H3. The van der Waals surface area contributed by atoms with Crippen molar-refractivity contribution in [2.75, 3.05) is 20.8 Å².